The van der Waals surface area contributed by atoms with Gasteiger partial charge in [0.2, 0.25) is 0 Å². The molecule has 0 rings (SSSR count). The molecule has 0 amide bonds. The first-order chi connectivity index (χ1) is 4.34. The van der Waals surface area contributed by atoms with Crippen molar-refractivity contribution >= 4 is 16.1 Å². The van der Waals surface area contributed by atoms with E-state index in [0.717, 1.165) is 6.92 Å². The van der Waals surface area contributed by atoms with Crippen LogP contribution in [-0.2, 0) is 19.6 Å². The minimum Gasteiger partial charge on any atom is -0.429 e. The lowest BCUT2D eigenvalue weighted by molar-refractivity contribution is -0.142. The zero-order chi connectivity index (χ0) is 8.36. The Kier molecular flexibility index (Phi) is 2.76. The Hall–Kier alpha value is -0.660. The average molecular weight is 169 g/mol. The molecule has 3 N–H and O–H groups in total. The lowest BCUT2D eigenvalue weighted by Gasteiger charge is -2.06. The van der Waals surface area contributed by atoms with Crippen LogP contribution in [0.1, 0.15) is 6.92 Å². The van der Waals surface area contributed by atoms with E-state index in [0.29, 0.717) is 0 Å². The van der Waals surface area contributed by atoms with E-state index in [1.165, 1.54) is 0 Å². The second kappa shape index (κ2) is 2.95. The van der Waals surface area contributed by atoms with E-state index >= 15 is 0 Å². The highest BCUT2D eigenvalue weighted by molar-refractivity contribution is 7.86. The Morgan fingerprint density at radius 2 is 2.10 bits per heavy atom. The molecule has 60 valence electrons. The maximum atomic E-state index is 10.0. The molecule has 0 spiro atoms. The maximum Gasteiger partial charge on any atom is 0.318 e. The van der Waals surface area contributed by atoms with Gasteiger partial charge in [0.25, 0.3) is 5.56 Å². The van der Waals surface area contributed by atoms with E-state index in [-0.39, 0.29) is 0 Å². The molecule has 0 saturated heterocycles. The predicted octanol–water partition coefficient (Wildman–Crippen LogP) is -1.32. The number of hydrogen-bond acceptors (Lipinski definition) is 5. The van der Waals surface area contributed by atoms with E-state index in [4.69, 9.17) is 4.55 Å². The van der Waals surface area contributed by atoms with Gasteiger partial charge in [-0.2, -0.15) is 8.42 Å². The minimum absolute atomic E-state index is 0.870. The van der Waals surface area contributed by atoms with Gasteiger partial charge < -0.3 is 4.74 Å². The lowest BCUT2D eigenvalue weighted by Crippen LogP contribution is -2.34. The first kappa shape index (κ1) is 9.34. The van der Waals surface area contributed by atoms with Gasteiger partial charge >= 0.3 is 16.1 Å². The summed E-state index contributed by atoms with van der Waals surface area (Å²) in [6.45, 7) is 0.977. The number of carbonyl (C=O) groups is 1. The Bertz CT molecular complexity index is 219. The molecule has 0 radical (unpaired) electrons. The Morgan fingerprint density at radius 3 is 2.20 bits per heavy atom. The Morgan fingerprint density at radius 1 is 1.70 bits per heavy atom. The van der Waals surface area contributed by atoms with Crippen LogP contribution >= 0.6 is 0 Å². The molecule has 7 heteroatoms. The number of nitrogens with two attached hydrogens (primary N) is 1. The SMILES string of the molecule is CC(=O)OC(N)S(=O)(=O)O. The number of esters is 1. The standard InChI is InChI=1S/C3H7NO5S/c1-2(5)9-3(4)10(6,7)8/h3H,4H2,1H3,(H,6,7,8). The van der Waals surface area contributed by atoms with Gasteiger partial charge in [-0.25, -0.2) is 0 Å². The average Bonchev–Trinajstić information content (AvgIpc) is 1.60. The van der Waals surface area contributed by atoms with Gasteiger partial charge in [0, 0.05) is 6.92 Å². The molecule has 1 atom stereocenters. The Labute approximate surface area is 57.7 Å². The molecule has 0 fully saturated rings. The van der Waals surface area contributed by atoms with Crippen molar-refractivity contribution in [1.29, 1.82) is 0 Å². The fourth-order valence-electron chi connectivity index (χ4n) is 0.224. The summed E-state index contributed by atoms with van der Waals surface area (Å²) >= 11 is 0. The number of ether oxygens (including phenoxy) is 1. The van der Waals surface area contributed by atoms with Crippen molar-refractivity contribution < 1.29 is 22.5 Å². The zero-order valence-corrected chi connectivity index (χ0v) is 5.96. The largest absolute Gasteiger partial charge is 0.429 e. The molecular weight excluding hydrogens is 162 g/mol. The minimum atomic E-state index is -4.46. The highest BCUT2D eigenvalue weighted by Gasteiger charge is 2.20. The highest BCUT2D eigenvalue weighted by Crippen LogP contribution is 1.92. The topological polar surface area (TPSA) is 107 Å². The van der Waals surface area contributed by atoms with E-state index in [1.54, 1.807) is 0 Å². The van der Waals surface area contributed by atoms with Crippen LogP contribution in [-0.4, -0.2) is 24.5 Å². The van der Waals surface area contributed by atoms with Crippen LogP contribution in [0.25, 0.3) is 0 Å². The smallest absolute Gasteiger partial charge is 0.318 e. The van der Waals surface area contributed by atoms with Crippen molar-refractivity contribution in [3.05, 3.63) is 0 Å². The van der Waals surface area contributed by atoms with E-state index < -0.39 is 21.6 Å². The highest BCUT2D eigenvalue weighted by atomic mass is 32.2. The predicted molar refractivity (Wildman–Crippen MR) is 31.3 cm³/mol. The lowest BCUT2D eigenvalue weighted by atomic mass is 10.8. The normalized spacial score (nSPS) is 14.3. The molecule has 0 bridgehead atoms. The molecule has 0 heterocycles. The van der Waals surface area contributed by atoms with Crippen molar-refractivity contribution in [3.63, 3.8) is 0 Å². The summed E-state index contributed by atoms with van der Waals surface area (Å²) in [4.78, 5) is 10.0. The van der Waals surface area contributed by atoms with Gasteiger partial charge in [0.05, 0.1) is 0 Å². The molecule has 0 aliphatic heterocycles. The molecule has 0 aromatic rings. The summed E-state index contributed by atoms with van der Waals surface area (Å²) in [5, 5.41) is 0. The van der Waals surface area contributed by atoms with Gasteiger partial charge in [-0.05, 0) is 0 Å². The molecule has 0 aliphatic carbocycles. The number of rotatable bonds is 2. The van der Waals surface area contributed by atoms with Crippen molar-refractivity contribution in [2.75, 3.05) is 0 Å². The molecule has 0 aromatic carbocycles. The van der Waals surface area contributed by atoms with E-state index in [9.17, 15) is 13.2 Å². The molecule has 6 nitrogen and oxygen atoms in total. The van der Waals surface area contributed by atoms with Gasteiger partial charge in [-0.1, -0.05) is 0 Å². The summed E-state index contributed by atoms with van der Waals surface area (Å²) in [5.74, 6) is -0.870. The first-order valence-corrected chi connectivity index (χ1v) is 3.73. The first-order valence-electron chi connectivity index (χ1n) is 2.23. The van der Waals surface area contributed by atoms with Gasteiger partial charge in [0.15, 0.2) is 0 Å². The van der Waals surface area contributed by atoms with Gasteiger partial charge in [0.1, 0.15) is 0 Å². The van der Waals surface area contributed by atoms with Crippen LogP contribution < -0.4 is 5.73 Å². The summed E-state index contributed by atoms with van der Waals surface area (Å²) in [7, 11) is -4.46. The molecular formula is C3H7NO5S. The monoisotopic (exact) mass is 169 g/mol. The third-order valence-electron chi connectivity index (χ3n) is 0.576. The summed E-state index contributed by atoms with van der Waals surface area (Å²) in [5.41, 5.74) is 2.69. The van der Waals surface area contributed by atoms with Gasteiger partial charge in [-0.15, -0.1) is 0 Å². The second-order valence-electron chi connectivity index (χ2n) is 1.49. The summed E-state index contributed by atoms with van der Waals surface area (Å²) in [6.07, 6.45) is 0. The third-order valence-corrected chi connectivity index (χ3v) is 1.26. The van der Waals surface area contributed by atoms with Crippen LogP contribution in [0, 0.1) is 0 Å². The van der Waals surface area contributed by atoms with Crippen molar-refractivity contribution in [3.8, 4) is 0 Å². The van der Waals surface area contributed by atoms with Crippen molar-refractivity contribution in [2.45, 2.75) is 12.5 Å². The Balaban J connectivity index is 4.12. The van der Waals surface area contributed by atoms with Crippen molar-refractivity contribution in [1.82, 2.24) is 0 Å². The molecule has 0 aromatic heterocycles. The van der Waals surface area contributed by atoms with Crippen LogP contribution in [0.4, 0.5) is 0 Å². The van der Waals surface area contributed by atoms with E-state index in [2.05, 4.69) is 10.5 Å². The van der Waals surface area contributed by atoms with Crippen LogP contribution in [0.3, 0.4) is 0 Å². The van der Waals surface area contributed by atoms with Gasteiger partial charge in [-0.3, -0.25) is 15.1 Å². The number of carbonyl (C=O) groups excluding carboxylic acids is 1. The maximum absolute atomic E-state index is 10.0. The second-order valence-corrected chi connectivity index (χ2v) is 2.99. The fraction of sp³-hybridized carbons (Fsp3) is 0.667. The fourth-order valence-corrected chi connectivity index (χ4v) is 0.481. The third kappa shape index (κ3) is 3.38. The molecule has 1 unspecified atom stereocenters. The van der Waals surface area contributed by atoms with Crippen molar-refractivity contribution in [2.24, 2.45) is 5.73 Å². The molecule has 10 heavy (non-hydrogen) atoms. The zero-order valence-electron chi connectivity index (χ0n) is 5.14. The summed E-state index contributed by atoms with van der Waals surface area (Å²) < 4.78 is 32.1. The molecule has 0 aliphatic rings. The molecule has 0 saturated carbocycles. The quantitative estimate of drug-likeness (QED) is 0.301. The van der Waals surface area contributed by atoms with E-state index in [1.807, 2.05) is 0 Å². The number of hydrogen-bond donors (Lipinski definition) is 2. The van der Waals surface area contributed by atoms with Crippen LogP contribution in [0.15, 0.2) is 0 Å². The van der Waals surface area contributed by atoms with Crippen LogP contribution in [0.5, 0.6) is 0 Å². The van der Waals surface area contributed by atoms with Crippen LogP contribution in [0.2, 0.25) is 0 Å². The summed E-state index contributed by atoms with van der Waals surface area (Å²) in [6, 6.07) is 0.